The number of carbonyl (C=O) groups is 1. The first-order valence-corrected chi connectivity index (χ1v) is 11.3. The molecule has 0 aliphatic carbocycles. The van der Waals surface area contributed by atoms with E-state index in [-0.39, 0.29) is 5.91 Å². The number of nitrogens with one attached hydrogen (secondary N) is 1. The molecule has 0 aliphatic heterocycles. The maximum Gasteiger partial charge on any atom is 0.271 e. The molecule has 1 amide bonds. The summed E-state index contributed by atoms with van der Waals surface area (Å²) >= 11 is 15.9. The Morgan fingerprint density at radius 1 is 1.07 bits per heavy atom. The minimum absolute atomic E-state index is 0.301. The summed E-state index contributed by atoms with van der Waals surface area (Å²) < 4.78 is 6.66. The van der Waals surface area contributed by atoms with Crippen molar-refractivity contribution < 1.29 is 9.53 Å². The van der Waals surface area contributed by atoms with Crippen molar-refractivity contribution in [3.63, 3.8) is 0 Å². The molecular formula is C22H25BrCl2N2O2. The van der Waals surface area contributed by atoms with Gasteiger partial charge < -0.3 is 4.74 Å². The van der Waals surface area contributed by atoms with Crippen LogP contribution in [0.4, 0.5) is 0 Å². The monoisotopic (exact) mass is 498 g/mol. The Hall–Kier alpha value is -1.56. The van der Waals surface area contributed by atoms with Crippen molar-refractivity contribution in [1.29, 1.82) is 0 Å². The quantitative estimate of drug-likeness (QED) is 0.201. The maximum absolute atomic E-state index is 12.1. The Morgan fingerprint density at radius 2 is 1.69 bits per heavy atom. The molecule has 2 rings (SSSR count). The lowest BCUT2D eigenvalue weighted by Crippen LogP contribution is -2.17. The van der Waals surface area contributed by atoms with Gasteiger partial charge in [0, 0.05) is 10.0 Å². The first-order chi connectivity index (χ1) is 14.0. The van der Waals surface area contributed by atoms with E-state index in [9.17, 15) is 4.79 Å². The van der Waals surface area contributed by atoms with Crippen LogP contribution in [0.5, 0.6) is 5.75 Å². The molecule has 2 aromatic rings. The second kappa shape index (κ2) is 12.9. The number of rotatable bonds is 11. The van der Waals surface area contributed by atoms with Gasteiger partial charge in [0.2, 0.25) is 0 Å². The Kier molecular flexibility index (Phi) is 10.5. The van der Waals surface area contributed by atoms with Gasteiger partial charge in [-0.2, -0.15) is 5.10 Å². The van der Waals surface area contributed by atoms with Gasteiger partial charge in [-0.1, -0.05) is 78.2 Å². The molecule has 4 nitrogen and oxygen atoms in total. The summed E-state index contributed by atoms with van der Waals surface area (Å²) in [6, 6.07) is 10.4. The molecular weight excluding hydrogens is 475 g/mol. The van der Waals surface area contributed by atoms with E-state index < -0.39 is 0 Å². The summed E-state index contributed by atoms with van der Waals surface area (Å²) in [5, 5.41) is 4.81. The molecule has 7 heteroatoms. The average Bonchev–Trinajstić information content (AvgIpc) is 2.69. The van der Waals surface area contributed by atoms with Crippen LogP contribution in [0.3, 0.4) is 0 Å². The third-order valence-electron chi connectivity index (χ3n) is 4.25. The fourth-order valence-electron chi connectivity index (χ4n) is 2.68. The third-order valence-corrected chi connectivity index (χ3v) is 5.34. The average molecular weight is 500 g/mol. The third kappa shape index (κ3) is 8.37. The zero-order valence-corrected chi connectivity index (χ0v) is 19.5. The molecule has 29 heavy (non-hydrogen) atoms. The van der Waals surface area contributed by atoms with E-state index in [0.717, 1.165) is 17.3 Å². The normalized spacial score (nSPS) is 11.0. The van der Waals surface area contributed by atoms with E-state index in [2.05, 4.69) is 33.4 Å². The van der Waals surface area contributed by atoms with Gasteiger partial charge in [0.25, 0.3) is 5.91 Å². The second-order valence-corrected chi connectivity index (χ2v) is 8.37. The molecule has 2 aromatic carbocycles. The Balaban J connectivity index is 1.85. The fourth-order valence-corrected chi connectivity index (χ4v) is 3.56. The SMILES string of the molecule is CCCCCCCCOc1c(Cl)cc(/C=N/NC(=O)c2ccc(Br)cc2)cc1Cl. The largest absolute Gasteiger partial charge is 0.490 e. The molecule has 0 heterocycles. The van der Waals surface area contributed by atoms with Crippen molar-refractivity contribution in [2.24, 2.45) is 5.10 Å². The lowest BCUT2D eigenvalue weighted by Gasteiger charge is -2.10. The van der Waals surface area contributed by atoms with Gasteiger partial charge in [0.15, 0.2) is 5.75 Å². The zero-order valence-electron chi connectivity index (χ0n) is 16.4. The van der Waals surface area contributed by atoms with E-state index in [4.69, 9.17) is 27.9 Å². The zero-order chi connectivity index (χ0) is 21.1. The summed E-state index contributed by atoms with van der Waals surface area (Å²) in [7, 11) is 0. The molecule has 0 spiro atoms. The number of ether oxygens (including phenoxy) is 1. The summed E-state index contributed by atoms with van der Waals surface area (Å²) in [4.78, 5) is 12.1. The van der Waals surface area contributed by atoms with Crippen LogP contribution in [0.2, 0.25) is 10.0 Å². The number of amides is 1. The fraction of sp³-hybridized carbons (Fsp3) is 0.364. The van der Waals surface area contributed by atoms with Gasteiger partial charge in [-0.15, -0.1) is 0 Å². The van der Waals surface area contributed by atoms with Gasteiger partial charge in [0.1, 0.15) is 0 Å². The van der Waals surface area contributed by atoms with Gasteiger partial charge in [-0.3, -0.25) is 4.79 Å². The van der Waals surface area contributed by atoms with E-state index in [1.165, 1.54) is 31.9 Å². The molecule has 0 fully saturated rings. The maximum atomic E-state index is 12.1. The van der Waals surface area contributed by atoms with Crippen molar-refractivity contribution in [3.05, 3.63) is 62.0 Å². The molecule has 156 valence electrons. The molecule has 0 aromatic heterocycles. The van der Waals surface area contributed by atoms with E-state index in [0.29, 0.717) is 33.5 Å². The highest BCUT2D eigenvalue weighted by Gasteiger charge is 2.09. The Morgan fingerprint density at radius 3 is 2.34 bits per heavy atom. The molecule has 1 N–H and O–H groups in total. The molecule has 0 saturated heterocycles. The highest BCUT2D eigenvalue weighted by atomic mass is 79.9. The van der Waals surface area contributed by atoms with Crippen molar-refractivity contribution >= 4 is 51.3 Å². The highest BCUT2D eigenvalue weighted by Crippen LogP contribution is 2.34. The number of hydrazone groups is 1. The van der Waals surface area contributed by atoms with Gasteiger partial charge in [-0.25, -0.2) is 5.43 Å². The van der Waals surface area contributed by atoms with Crippen LogP contribution in [0.1, 0.15) is 61.4 Å². The van der Waals surface area contributed by atoms with E-state index in [1.54, 1.807) is 36.4 Å². The van der Waals surface area contributed by atoms with E-state index >= 15 is 0 Å². The summed E-state index contributed by atoms with van der Waals surface area (Å²) in [5.41, 5.74) is 3.66. The first-order valence-electron chi connectivity index (χ1n) is 9.72. The molecule has 0 radical (unpaired) electrons. The Labute approximate surface area is 190 Å². The number of nitrogens with zero attached hydrogens (tertiary/aromatic N) is 1. The number of halogens is 3. The van der Waals surface area contributed by atoms with Crippen LogP contribution in [0.25, 0.3) is 0 Å². The molecule has 0 aliphatic rings. The first kappa shape index (κ1) is 23.7. The van der Waals surface area contributed by atoms with Crippen molar-refractivity contribution in [2.45, 2.75) is 45.4 Å². The standard InChI is InChI=1S/C22H25BrCl2N2O2/c1-2-3-4-5-6-7-12-29-21-19(24)13-16(14-20(21)25)15-26-27-22(28)17-8-10-18(23)11-9-17/h8-11,13-15H,2-7,12H2,1H3,(H,27,28)/b26-15+. The molecule has 0 atom stereocenters. The number of hydrogen-bond acceptors (Lipinski definition) is 3. The van der Waals surface area contributed by atoms with Gasteiger partial charge in [-0.05, 0) is 48.4 Å². The highest BCUT2D eigenvalue weighted by molar-refractivity contribution is 9.10. The predicted octanol–water partition coefficient (Wildman–Crippen LogP) is 7.26. The van der Waals surface area contributed by atoms with Crippen LogP contribution in [0, 0.1) is 0 Å². The number of carbonyl (C=O) groups excluding carboxylic acids is 1. The van der Waals surface area contributed by atoms with Gasteiger partial charge in [0.05, 0.1) is 22.9 Å². The molecule has 0 bridgehead atoms. The number of benzene rings is 2. The minimum atomic E-state index is -0.301. The number of hydrogen-bond donors (Lipinski definition) is 1. The number of unbranched alkanes of at least 4 members (excludes halogenated alkanes) is 5. The van der Waals surface area contributed by atoms with Crippen molar-refractivity contribution in [2.75, 3.05) is 6.61 Å². The van der Waals surface area contributed by atoms with Crippen LogP contribution in [0.15, 0.2) is 46.0 Å². The van der Waals surface area contributed by atoms with Crippen LogP contribution in [-0.4, -0.2) is 18.7 Å². The van der Waals surface area contributed by atoms with Gasteiger partial charge >= 0.3 is 0 Å². The van der Waals surface area contributed by atoms with Crippen LogP contribution < -0.4 is 10.2 Å². The second-order valence-electron chi connectivity index (χ2n) is 6.64. The summed E-state index contributed by atoms with van der Waals surface area (Å²) in [6.07, 6.45) is 8.62. The lowest BCUT2D eigenvalue weighted by molar-refractivity contribution is 0.0955. The lowest BCUT2D eigenvalue weighted by atomic mass is 10.1. The summed E-state index contributed by atoms with van der Waals surface area (Å²) in [6.45, 7) is 2.79. The van der Waals surface area contributed by atoms with Crippen LogP contribution in [-0.2, 0) is 0 Å². The molecule has 0 unspecified atom stereocenters. The molecule has 0 saturated carbocycles. The topological polar surface area (TPSA) is 50.7 Å². The van der Waals surface area contributed by atoms with Crippen molar-refractivity contribution in [3.8, 4) is 5.75 Å². The smallest absolute Gasteiger partial charge is 0.271 e. The Bertz CT molecular complexity index is 803. The van der Waals surface area contributed by atoms with Crippen molar-refractivity contribution in [1.82, 2.24) is 5.43 Å². The predicted molar refractivity (Wildman–Crippen MR) is 125 cm³/mol. The minimum Gasteiger partial charge on any atom is -0.490 e. The summed E-state index contributed by atoms with van der Waals surface area (Å²) in [5.74, 6) is 0.183. The van der Waals surface area contributed by atoms with E-state index in [1.807, 2.05) is 0 Å². The van der Waals surface area contributed by atoms with Crippen LogP contribution >= 0.6 is 39.1 Å².